The fourth-order valence-corrected chi connectivity index (χ4v) is 2.07. The van der Waals surface area contributed by atoms with Crippen molar-refractivity contribution in [2.24, 2.45) is 0 Å². The van der Waals surface area contributed by atoms with Crippen molar-refractivity contribution in [2.45, 2.75) is 13.5 Å². The van der Waals surface area contributed by atoms with Gasteiger partial charge in [0.1, 0.15) is 23.2 Å². The summed E-state index contributed by atoms with van der Waals surface area (Å²) in [5, 5.41) is 33.5. The van der Waals surface area contributed by atoms with Crippen molar-refractivity contribution in [3.63, 3.8) is 0 Å². The van der Waals surface area contributed by atoms with E-state index < -0.39 is 27.1 Å². The Kier molecular flexibility index (Phi) is 5.44. The zero-order valence-electron chi connectivity index (χ0n) is 13.5. The third-order valence-corrected chi connectivity index (χ3v) is 3.31. The summed E-state index contributed by atoms with van der Waals surface area (Å²) >= 11 is 0. The van der Waals surface area contributed by atoms with Gasteiger partial charge in [-0.25, -0.2) is 0 Å². The summed E-state index contributed by atoms with van der Waals surface area (Å²) in [5.74, 6) is 0.385. The lowest BCUT2D eigenvalue weighted by Crippen LogP contribution is -2.23. The van der Waals surface area contributed by atoms with Crippen molar-refractivity contribution >= 4 is 23.4 Å². The zero-order valence-corrected chi connectivity index (χ0v) is 13.5. The number of aryl methyl sites for hydroxylation is 1. The van der Waals surface area contributed by atoms with Gasteiger partial charge in [0.25, 0.3) is 17.3 Å². The summed E-state index contributed by atoms with van der Waals surface area (Å²) in [5.41, 5.74) is -1.53. The Morgan fingerprint density at radius 3 is 2.54 bits per heavy atom. The number of nitrogens with zero attached hydrogens (tertiary/aromatic N) is 3. The molecule has 0 spiro atoms. The van der Waals surface area contributed by atoms with E-state index in [0.29, 0.717) is 11.5 Å². The number of nitro benzene ring substituents is 2. The first-order valence-electron chi connectivity index (χ1n) is 7.20. The van der Waals surface area contributed by atoms with Crippen molar-refractivity contribution in [3.05, 3.63) is 73.2 Å². The van der Waals surface area contributed by atoms with Gasteiger partial charge in [0, 0.05) is 6.07 Å². The van der Waals surface area contributed by atoms with E-state index in [1.54, 1.807) is 25.1 Å². The Morgan fingerprint density at radius 1 is 1.27 bits per heavy atom. The summed E-state index contributed by atoms with van der Waals surface area (Å²) in [7, 11) is 0. The molecule has 0 fully saturated rings. The van der Waals surface area contributed by atoms with Crippen molar-refractivity contribution in [2.75, 3.05) is 0 Å². The van der Waals surface area contributed by atoms with Crippen molar-refractivity contribution < 1.29 is 19.1 Å². The van der Waals surface area contributed by atoms with E-state index in [0.717, 1.165) is 24.3 Å². The number of hydrogen-bond acceptors (Lipinski definition) is 7. The van der Waals surface area contributed by atoms with Gasteiger partial charge in [0.05, 0.1) is 28.0 Å². The molecule has 26 heavy (non-hydrogen) atoms. The van der Waals surface area contributed by atoms with Gasteiger partial charge in [-0.05, 0) is 31.2 Å². The number of benzene rings is 1. The Labute approximate surface area is 146 Å². The molecule has 1 amide bonds. The van der Waals surface area contributed by atoms with Crippen LogP contribution in [0.15, 0.2) is 40.3 Å². The number of nitro groups is 2. The number of carbonyl (C=O) groups is 1. The van der Waals surface area contributed by atoms with Crippen molar-refractivity contribution in [1.82, 2.24) is 5.32 Å². The van der Waals surface area contributed by atoms with E-state index in [4.69, 9.17) is 9.68 Å². The van der Waals surface area contributed by atoms with Gasteiger partial charge in [-0.3, -0.25) is 25.0 Å². The number of non-ortho nitro benzene ring substituents is 1. The summed E-state index contributed by atoms with van der Waals surface area (Å²) in [4.78, 5) is 32.3. The SMILES string of the molecule is Cc1ccc(CNC(=O)/C(C#N)=C/c2ccc([N+](=O)[O-])cc2[N+](=O)[O-])o1. The minimum absolute atomic E-state index is 0.0358. The zero-order chi connectivity index (χ0) is 19.3. The lowest BCUT2D eigenvalue weighted by Gasteiger charge is -2.03. The van der Waals surface area contributed by atoms with Crippen molar-refractivity contribution in [3.8, 4) is 6.07 Å². The molecule has 0 saturated heterocycles. The molecule has 2 rings (SSSR count). The molecule has 0 radical (unpaired) electrons. The third-order valence-electron chi connectivity index (χ3n) is 3.31. The molecule has 10 nitrogen and oxygen atoms in total. The Morgan fingerprint density at radius 2 is 2.00 bits per heavy atom. The molecule has 1 heterocycles. The van der Waals surface area contributed by atoms with E-state index in [1.807, 2.05) is 0 Å². The molecule has 1 aromatic carbocycles. The summed E-state index contributed by atoms with van der Waals surface area (Å²) < 4.78 is 5.28. The Hall–Kier alpha value is -4.00. The maximum Gasteiger partial charge on any atom is 0.283 e. The molecule has 10 heteroatoms. The highest BCUT2D eigenvalue weighted by molar-refractivity contribution is 6.02. The number of nitriles is 1. The number of carbonyl (C=O) groups excluding carboxylic acids is 1. The van der Waals surface area contributed by atoms with Crippen LogP contribution in [0.4, 0.5) is 11.4 Å². The van der Waals surface area contributed by atoms with Gasteiger partial charge in [-0.15, -0.1) is 0 Å². The lowest BCUT2D eigenvalue weighted by atomic mass is 10.1. The van der Waals surface area contributed by atoms with Crippen molar-refractivity contribution in [1.29, 1.82) is 5.26 Å². The van der Waals surface area contributed by atoms with Gasteiger partial charge in [-0.1, -0.05) is 0 Å². The largest absolute Gasteiger partial charge is 0.465 e. The number of furan rings is 1. The number of rotatable bonds is 6. The molecule has 0 aliphatic rings. The van der Waals surface area contributed by atoms with Gasteiger partial charge in [-0.2, -0.15) is 5.26 Å². The van der Waals surface area contributed by atoms with Crippen LogP contribution in [0.25, 0.3) is 6.08 Å². The number of amides is 1. The van der Waals surface area contributed by atoms with Crippen LogP contribution in [0.3, 0.4) is 0 Å². The second-order valence-electron chi connectivity index (χ2n) is 5.12. The molecule has 0 aliphatic carbocycles. The van der Waals surface area contributed by atoms with Crippen LogP contribution in [0.5, 0.6) is 0 Å². The molecular formula is C16H12N4O6. The van der Waals surface area contributed by atoms with E-state index in [2.05, 4.69) is 5.32 Å². The van der Waals surface area contributed by atoms with E-state index in [1.165, 1.54) is 0 Å². The van der Waals surface area contributed by atoms with E-state index in [-0.39, 0.29) is 17.7 Å². The average Bonchev–Trinajstić information content (AvgIpc) is 3.02. The van der Waals surface area contributed by atoms with Crippen LogP contribution in [-0.2, 0) is 11.3 Å². The second-order valence-corrected chi connectivity index (χ2v) is 5.12. The maximum absolute atomic E-state index is 12.1. The standard InChI is InChI=1S/C16H12N4O6/c1-10-2-5-14(26-10)9-18-16(21)12(8-17)6-11-3-4-13(19(22)23)7-15(11)20(24)25/h2-7H,9H2,1H3,(H,18,21)/b12-6+. The minimum Gasteiger partial charge on any atom is -0.465 e. The molecule has 0 atom stereocenters. The quantitative estimate of drug-likeness (QED) is 0.361. The van der Waals surface area contributed by atoms with Gasteiger partial charge in [0.15, 0.2) is 0 Å². The van der Waals surface area contributed by atoms with Gasteiger partial charge < -0.3 is 9.73 Å². The topological polar surface area (TPSA) is 152 Å². The predicted octanol–water partition coefficient (Wildman–Crippen LogP) is 2.63. The van der Waals surface area contributed by atoms with Crippen LogP contribution in [0.2, 0.25) is 0 Å². The Bertz CT molecular complexity index is 954. The van der Waals surface area contributed by atoms with Crippen LogP contribution < -0.4 is 5.32 Å². The fraction of sp³-hybridized carbons (Fsp3) is 0.125. The van der Waals surface area contributed by atoms with Gasteiger partial charge in [0.2, 0.25) is 0 Å². The van der Waals surface area contributed by atoms with Crippen LogP contribution >= 0.6 is 0 Å². The molecule has 0 bridgehead atoms. The molecular weight excluding hydrogens is 344 g/mol. The van der Waals surface area contributed by atoms with Crippen LogP contribution in [0.1, 0.15) is 17.1 Å². The first-order valence-corrected chi connectivity index (χ1v) is 7.20. The van der Waals surface area contributed by atoms with Gasteiger partial charge >= 0.3 is 0 Å². The van der Waals surface area contributed by atoms with E-state index >= 15 is 0 Å². The number of nitrogens with one attached hydrogen (secondary N) is 1. The van der Waals surface area contributed by atoms with Crippen LogP contribution in [-0.4, -0.2) is 15.8 Å². The molecule has 2 aromatic rings. The molecule has 1 N–H and O–H groups in total. The fourth-order valence-electron chi connectivity index (χ4n) is 2.07. The lowest BCUT2D eigenvalue weighted by molar-refractivity contribution is -0.394. The summed E-state index contributed by atoms with van der Waals surface area (Å²) in [6.07, 6.45) is 1.00. The van der Waals surface area contributed by atoms with Crippen LogP contribution in [0, 0.1) is 38.5 Å². The molecule has 0 aliphatic heterocycles. The summed E-state index contributed by atoms with van der Waals surface area (Å²) in [6.45, 7) is 1.77. The molecule has 0 unspecified atom stereocenters. The Balaban J connectivity index is 2.27. The monoisotopic (exact) mass is 356 g/mol. The molecule has 1 aromatic heterocycles. The number of hydrogen-bond donors (Lipinski definition) is 1. The third kappa shape index (κ3) is 4.30. The second kappa shape index (κ2) is 7.71. The maximum atomic E-state index is 12.1. The smallest absolute Gasteiger partial charge is 0.283 e. The first-order chi connectivity index (χ1) is 12.3. The first kappa shape index (κ1) is 18.3. The normalized spacial score (nSPS) is 10.8. The highest BCUT2D eigenvalue weighted by Crippen LogP contribution is 2.26. The molecule has 0 saturated carbocycles. The molecule has 132 valence electrons. The average molecular weight is 356 g/mol. The minimum atomic E-state index is -0.822. The predicted molar refractivity (Wildman–Crippen MR) is 88.6 cm³/mol. The highest BCUT2D eigenvalue weighted by atomic mass is 16.6. The summed E-state index contributed by atoms with van der Waals surface area (Å²) in [6, 6.07) is 7.96. The van der Waals surface area contributed by atoms with E-state index in [9.17, 15) is 25.0 Å². The highest BCUT2D eigenvalue weighted by Gasteiger charge is 2.20.